The molecule has 2 amide bonds. The molecule has 3 N–H and O–H groups in total. The fourth-order valence-corrected chi connectivity index (χ4v) is 4.20. The van der Waals surface area contributed by atoms with E-state index in [1.807, 2.05) is 24.3 Å². The van der Waals surface area contributed by atoms with Gasteiger partial charge in [-0.05, 0) is 23.6 Å². The molecule has 0 spiro atoms. The van der Waals surface area contributed by atoms with Crippen LogP contribution in [0.2, 0.25) is 0 Å². The number of nitrogens with one attached hydrogen (secondary N) is 2. The average molecular weight is 458 g/mol. The molecule has 172 valence electrons. The van der Waals surface area contributed by atoms with E-state index in [1.165, 1.54) is 23.0 Å². The Balaban J connectivity index is 1.39. The number of carbonyl (C=O) groups is 2. The third-order valence-electron chi connectivity index (χ3n) is 5.99. The zero-order chi connectivity index (χ0) is 23.7. The number of nitrogens with zero attached hydrogens (tertiary/aromatic N) is 4. The first-order chi connectivity index (χ1) is 16.5. The van der Waals surface area contributed by atoms with E-state index in [2.05, 4.69) is 20.4 Å². The predicted molar refractivity (Wildman–Crippen MR) is 122 cm³/mol. The van der Waals surface area contributed by atoms with Crippen LogP contribution in [0.3, 0.4) is 0 Å². The van der Waals surface area contributed by atoms with Gasteiger partial charge in [0.05, 0.1) is 6.04 Å². The van der Waals surface area contributed by atoms with Gasteiger partial charge in [-0.2, -0.15) is 5.10 Å². The molecule has 0 saturated heterocycles. The molecule has 10 nitrogen and oxygen atoms in total. The average Bonchev–Trinajstić information content (AvgIpc) is 3.32. The van der Waals surface area contributed by atoms with Crippen molar-refractivity contribution in [3.63, 3.8) is 0 Å². The standard InChI is InChI=1S/C24H22N6O4/c31-21(16-6-3-7-25-12-16)23(33)27-13-18-10-15-4-1-2-5-17(15)14-29(18)24(34)19-11-20-22(32)26-8-9-30(20)28-19/h1-9,11-12,18,21,31H,10,13-14H2,(H,26,32)(H,27,33). The summed E-state index contributed by atoms with van der Waals surface area (Å²) in [5.74, 6) is -0.914. The van der Waals surface area contributed by atoms with Crippen molar-refractivity contribution in [1.82, 2.24) is 29.8 Å². The maximum Gasteiger partial charge on any atom is 0.275 e. The fraction of sp³-hybridized carbons (Fsp3) is 0.208. The van der Waals surface area contributed by atoms with Gasteiger partial charge in [0.2, 0.25) is 0 Å². The maximum atomic E-state index is 13.5. The second-order valence-corrected chi connectivity index (χ2v) is 8.14. The Kier molecular flexibility index (Phi) is 5.64. The summed E-state index contributed by atoms with van der Waals surface area (Å²) in [6, 6.07) is 12.2. The van der Waals surface area contributed by atoms with Crippen LogP contribution in [0, 0.1) is 0 Å². The van der Waals surface area contributed by atoms with Crippen molar-refractivity contribution in [3.8, 4) is 0 Å². The van der Waals surface area contributed by atoms with Gasteiger partial charge in [0.15, 0.2) is 11.8 Å². The van der Waals surface area contributed by atoms with E-state index in [-0.39, 0.29) is 35.3 Å². The Morgan fingerprint density at radius 2 is 2.03 bits per heavy atom. The van der Waals surface area contributed by atoms with E-state index in [9.17, 15) is 19.5 Å². The number of rotatable bonds is 5. The first-order valence-electron chi connectivity index (χ1n) is 10.8. The van der Waals surface area contributed by atoms with Crippen LogP contribution in [0.5, 0.6) is 0 Å². The van der Waals surface area contributed by atoms with Gasteiger partial charge in [0.1, 0.15) is 5.52 Å². The van der Waals surface area contributed by atoms with Crippen molar-refractivity contribution in [2.24, 2.45) is 0 Å². The van der Waals surface area contributed by atoms with Crippen molar-refractivity contribution >= 4 is 17.3 Å². The van der Waals surface area contributed by atoms with Crippen molar-refractivity contribution in [1.29, 1.82) is 0 Å². The van der Waals surface area contributed by atoms with Crippen molar-refractivity contribution in [2.75, 3.05) is 6.54 Å². The molecule has 0 saturated carbocycles. The van der Waals surface area contributed by atoms with Crippen molar-refractivity contribution < 1.29 is 14.7 Å². The molecule has 0 bridgehead atoms. The fourth-order valence-electron chi connectivity index (χ4n) is 4.20. The summed E-state index contributed by atoms with van der Waals surface area (Å²) in [7, 11) is 0. The summed E-state index contributed by atoms with van der Waals surface area (Å²) >= 11 is 0. The Morgan fingerprint density at radius 1 is 1.21 bits per heavy atom. The number of aromatic nitrogens is 4. The number of aliphatic hydroxyl groups is 1. The number of pyridine rings is 1. The van der Waals surface area contributed by atoms with Crippen molar-refractivity contribution in [3.05, 3.63) is 100.0 Å². The lowest BCUT2D eigenvalue weighted by Gasteiger charge is -2.37. The summed E-state index contributed by atoms with van der Waals surface area (Å²) in [6.07, 6.45) is 5.18. The zero-order valence-corrected chi connectivity index (χ0v) is 18.1. The number of fused-ring (bicyclic) bond motifs is 2. The van der Waals surface area contributed by atoms with Crippen molar-refractivity contribution in [2.45, 2.75) is 25.1 Å². The molecule has 1 aliphatic rings. The second kappa shape index (κ2) is 8.91. The van der Waals surface area contributed by atoms with Crippen LogP contribution in [0.4, 0.5) is 0 Å². The van der Waals surface area contributed by atoms with Crippen LogP contribution in [0.25, 0.3) is 5.52 Å². The highest BCUT2D eigenvalue weighted by Gasteiger charge is 2.32. The number of aromatic amines is 1. The smallest absolute Gasteiger partial charge is 0.275 e. The number of hydrogen-bond donors (Lipinski definition) is 3. The van der Waals surface area contributed by atoms with E-state index < -0.39 is 12.0 Å². The molecule has 34 heavy (non-hydrogen) atoms. The highest BCUT2D eigenvalue weighted by molar-refractivity contribution is 5.94. The topological polar surface area (TPSA) is 133 Å². The third kappa shape index (κ3) is 4.06. The quantitative estimate of drug-likeness (QED) is 0.406. The minimum absolute atomic E-state index is 0.141. The van der Waals surface area contributed by atoms with Gasteiger partial charge in [-0.3, -0.25) is 19.4 Å². The normalized spacial score (nSPS) is 16.1. The van der Waals surface area contributed by atoms with Gasteiger partial charge < -0.3 is 20.3 Å². The van der Waals surface area contributed by atoms with E-state index in [1.54, 1.807) is 29.4 Å². The minimum Gasteiger partial charge on any atom is -0.378 e. The lowest BCUT2D eigenvalue weighted by Crippen LogP contribution is -2.50. The first-order valence-corrected chi connectivity index (χ1v) is 10.8. The van der Waals surface area contributed by atoms with Crippen LogP contribution in [0.1, 0.15) is 33.3 Å². The molecule has 2 atom stereocenters. The first kappa shape index (κ1) is 21.5. The van der Waals surface area contributed by atoms with Gasteiger partial charge in [-0.1, -0.05) is 30.3 Å². The highest BCUT2D eigenvalue weighted by atomic mass is 16.3. The monoisotopic (exact) mass is 458 g/mol. The Hall–Kier alpha value is -4.31. The van der Waals surface area contributed by atoms with Crippen LogP contribution in [0.15, 0.2) is 72.0 Å². The Bertz CT molecular complexity index is 1410. The summed E-state index contributed by atoms with van der Waals surface area (Å²) in [4.78, 5) is 46.3. The molecule has 1 aliphatic heterocycles. The number of aliphatic hydroxyl groups excluding tert-OH is 1. The molecule has 0 aliphatic carbocycles. The number of hydrogen-bond acceptors (Lipinski definition) is 6. The molecule has 1 aromatic carbocycles. The molecule has 4 aromatic rings. The predicted octanol–water partition coefficient (Wildman–Crippen LogP) is 0.834. The Labute approximate surface area is 193 Å². The zero-order valence-electron chi connectivity index (χ0n) is 18.1. The largest absolute Gasteiger partial charge is 0.378 e. The second-order valence-electron chi connectivity index (χ2n) is 8.14. The molecule has 3 aromatic heterocycles. The van der Waals surface area contributed by atoms with Crippen LogP contribution in [-0.2, 0) is 17.8 Å². The van der Waals surface area contributed by atoms with E-state index >= 15 is 0 Å². The Morgan fingerprint density at radius 3 is 2.79 bits per heavy atom. The molecule has 2 unspecified atom stereocenters. The molecule has 0 fully saturated rings. The van der Waals surface area contributed by atoms with Gasteiger partial charge in [0.25, 0.3) is 17.4 Å². The lowest BCUT2D eigenvalue weighted by atomic mass is 9.93. The van der Waals surface area contributed by atoms with Gasteiger partial charge in [0, 0.05) is 49.5 Å². The van der Waals surface area contributed by atoms with Crippen LogP contribution in [-0.4, -0.2) is 54.0 Å². The number of amides is 2. The lowest BCUT2D eigenvalue weighted by molar-refractivity contribution is -0.129. The van der Waals surface area contributed by atoms with Gasteiger partial charge in [-0.15, -0.1) is 0 Å². The summed E-state index contributed by atoms with van der Waals surface area (Å²) < 4.78 is 1.37. The molecule has 5 rings (SSSR count). The molecular formula is C24H22N6O4. The summed E-state index contributed by atoms with van der Waals surface area (Å²) in [5, 5.41) is 17.4. The molecule has 4 heterocycles. The molecule has 0 radical (unpaired) electrons. The van der Waals surface area contributed by atoms with E-state index in [0.29, 0.717) is 18.5 Å². The van der Waals surface area contributed by atoms with Crippen LogP contribution >= 0.6 is 0 Å². The van der Waals surface area contributed by atoms with Gasteiger partial charge >= 0.3 is 0 Å². The van der Waals surface area contributed by atoms with Gasteiger partial charge in [-0.25, -0.2) is 4.52 Å². The molecule has 10 heteroatoms. The number of carbonyl (C=O) groups excluding carboxylic acids is 2. The minimum atomic E-state index is -1.36. The number of H-pyrrole nitrogens is 1. The van der Waals surface area contributed by atoms with E-state index in [4.69, 9.17) is 0 Å². The maximum absolute atomic E-state index is 13.5. The summed E-state index contributed by atoms with van der Waals surface area (Å²) in [5.41, 5.74) is 2.55. The number of benzene rings is 1. The third-order valence-corrected chi connectivity index (χ3v) is 5.99. The van der Waals surface area contributed by atoms with E-state index in [0.717, 1.165) is 11.1 Å². The van der Waals surface area contributed by atoms with Crippen LogP contribution < -0.4 is 10.9 Å². The SMILES string of the molecule is O=C(NCC1Cc2ccccc2CN1C(=O)c1cc2c(=O)[nH]ccn2n1)C(O)c1cccnc1. The summed E-state index contributed by atoms with van der Waals surface area (Å²) in [6.45, 7) is 0.481. The highest BCUT2D eigenvalue weighted by Crippen LogP contribution is 2.25. The molecular weight excluding hydrogens is 436 g/mol.